The molecular weight excluding hydrogens is 301 g/mol. The minimum absolute atomic E-state index is 0.102. The topological polar surface area (TPSA) is 46.6 Å². The second-order valence-corrected chi connectivity index (χ2v) is 5.98. The molecule has 1 aromatic carbocycles. The number of sulfonamides is 1. The van der Waals surface area contributed by atoms with Crippen molar-refractivity contribution in [2.24, 2.45) is 0 Å². The molecule has 0 aliphatic carbocycles. The molecule has 0 N–H and O–H groups in total. The van der Waals surface area contributed by atoms with Crippen molar-refractivity contribution in [3.05, 3.63) is 28.5 Å². The van der Waals surface area contributed by atoms with Crippen LogP contribution in [0.4, 0.5) is 4.39 Å². The fourth-order valence-electron chi connectivity index (χ4n) is 1.37. The van der Waals surface area contributed by atoms with Crippen molar-refractivity contribution in [2.45, 2.75) is 11.3 Å². The van der Waals surface area contributed by atoms with Gasteiger partial charge in [-0.1, -0.05) is 4.47 Å². The summed E-state index contributed by atoms with van der Waals surface area (Å²) in [4.78, 5) is 4.85. The third-order valence-electron chi connectivity index (χ3n) is 2.18. The first-order valence-corrected chi connectivity index (χ1v) is 6.86. The van der Waals surface area contributed by atoms with E-state index in [0.29, 0.717) is 19.6 Å². The minimum Gasteiger partial charge on any atom is -0.284 e. The van der Waals surface area contributed by atoms with Crippen molar-refractivity contribution in [2.75, 3.05) is 13.2 Å². The van der Waals surface area contributed by atoms with Crippen LogP contribution in [-0.2, 0) is 14.9 Å². The Morgan fingerprint density at radius 2 is 2.19 bits per heavy atom. The Kier molecular flexibility index (Phi) is 3.29. The molecule has 0 radical (unpaired) electrons. The van der Waals surface area contributed by atoms with Gasteiger partial charge in [0.1, 0.15) is 5.82 Å². The molecular formula is C9H9BrFNO3S. The summed E-state index contributed by atoms with van der Waals surface area (Å²) in [6, 6.07) is 3.67. The number of hydroxylamine groups is 1. The van der Waals surface area contributed by atoms with Gasteiger partial charge in [0.25, 0.3) is 10.0 Å². The lowest BCUT2D eigenvalue weighted by Gasteiger charge is -2.14. The first-order chi connectivity index (χ1) is 7.51. The van der Waals surface area contributed by atoms with E-state index in [4.69, 9.17) is 4.84 Å². The van der Waals surface area contributed by atoms with Gasteiger partial charge in [-0.05, 0) is 40.5 Å². The van der Waals surface area contributed by atoms with Crippen LogP contribution in [0.5, 0.6) is 0 Å². The first-order valence-electron chi connectivity index (χ1n) is 4.62. The molecule has 1 heterocycles. The van der Waals surface area contributed by atoms with E-state index >= 15 is 0 Å². The van der Waals surface area contributed by atoms with Gasteiger partial charge < -0.3 is 0 Å². The van der Waals surface area contributed by atoms with Crippen LogP contribution in [0.3, 0.4) is 0 Å². The molecule has 1 fully saturated rings. The number of rotatable bonds is 2. The summed E-state index contributed by atoms with van der Waals surface area (Å²) in [7, 11) is -3.73. The molecule has 0 saturated carbocycles. The van der Waals surface area contributed by atoms with Gasteiger partial charge in [-0.2, -0.15) is 0 Å². The van der Waals surface area contributed by atoms with E-state index in [1.807, 2.05) is 0 Å². The predicted octanol–water partition coefficient (Wildman–Crippen LogP) is 1.91. The van der Waals surface area contributed by atoms with Crippen molar-refractivity contribution in [3.63, 3.8) is 0 Å². The molecule has 1 aliphatic heterocycles. The lowest BCUT2D eigenvalue weighted by atomic mass is 10.3. The highest BCUT2D eigenvalue weighted by atomic mass is 79.9. The molecule has 0 atom stereocenters. The molecule has 1 aromatic rings. The van der Waals surface area contributed by atoms with Crippen molar-refractivity contribution in [3.8, 4) is 0 Å². The van der Waals surface area contributed by atoms with Gasteiger partial charge in [0.15, 0.2) is 0 Å². The smallest absolute Gasteiger partial charge is 0.265 e. The summed E-state index contributed by atoms with van der Waals surface area (Å²) in [6.45, 7) is 0.679. The molecule has 1 saturated heterocycles. The average molecular weight is 310 g/mol. The molecule has 0 amide bonds. The summed E-state index contributed by atoms with van der Waals surface area (Å²) in [5.41, 5.74) is 0. The Morgan fingerprint density at radius 1 is 1.44 bits per heavy atom. The number of hydrogen-bond acceptors (Lipinski definition) is 3. The van der Waals surface area contributed by atoms with Crippen molar-refractivity contribution < 1.29 is 17.6 Å². The van der Waals surface area contributed by atoms with Gasteiger partial charge in [-0.15, -0.1) is 0 Å². The van der Waals surface area contributed by atoms with E-state index < -0.39 is 15.8 Å². The van der Waals surface area contributed by atoms with Gasteiger partial charge in [0.05, 0.1) is 16.0 Å². The van der Waals surface area contributed by atoms with Gasteiger partial charge in [0, 0.05) is 6.54 Å². The molecule has 88 valence electrons. The van der Waals surface area contributed by atoms with Crippen LogP contribution in [0.15, 0.2) is 27.6 Å². The zero-order valence-electron chi connectivity index (χ0n) is 8.19. The van der Waals surface area contributed by atoms with E-state index in [0.717, 1.165) is 10.5 Å². The summed E-state index contributed by atoms with van der Waals surface area (Å²) in [5.74, 6) is -0.611. The first kappa shape index (κ1) is 12.0. The maximum atomic E-state index is 13.2. The van der Waals surface area contributed by atoms with Crippen LogP contribution in [0, 0.1) is 5.82 Å². The van der Waals surface area contributed by atoms with Crippen LogP contribution in [0.25, 0.3) is 0 Å². The Bertz CT molecular complexity index is 499. The van der Waals surface area contributed by atoms with Crippen LogP contribution in [0.2, 0.25) is 0 Å². The second kappa shape index (κ2) is 4.40. The van der Waals surface area contributed by atoms with Crippen LogP contribution in [0.1, 0.15) is 6.42 Å². The van der Waals surface area contributed by atoms with E-state index in [9.17, 15) is 12.8 Å². The molecule has 0 unspecified atom stereocenters. The highest BCUT2D eigenvalue weighted by Crippen LogP contribution is 2.23. The summed E-state index contributed by atoms with van der Waals surface area (Å²) in [5, 5.41) is 0. The minimum atomic E-state index is -3.73. The maximum Gasteiger partial charge on any atom is 0.265 e. The van der Waals surface area contributed by atoms with Gasteiger partial charge in [-0.3, -0.25) is 4.84 Å². The molecule has 7 heteroatoms. The predicted molar refractivity (Wildman–Crippen MR) is 58.6 cm³/mol. The van der Waals surface area contributed by atoms with E-state index in [1.54, 1.807) is 0 Å². The molecule has 0 aromatic heterocycles. The van der Waals surface area contributed by atoms with Crippen molar-refractivity contribution in [1.82, 2.24) is 4.47 Å². The quantitative estimate of drug-likeness (QED) is 0.838. The van der Waals surface area contributed by atoms with E-state index in [1.165, 1.54) is 12.1 Å². The normalized spacial score (nSPS) is 17.9. The zero-order chi connectivity index (χ0) is 11.8. The van der Waals surface area contributed by atoms with Crippen LogP contribution >= 0.6 is 15.9 Å². The zero-order valence-corrected chi connectivity index (χ0v) is 10.6. The van der Waals surface area contributed by atoms with Crippen molar-refractivity contribution >= 4 is 26.0 Å². The Balaban J connectivity index is 2.39. The van der Waals surface area contributed by atoms with Gasteiger partial charge in [0.2, 0.25) is 0 Å². The third-order valence-corrected chi connectivity index (χ3v) is 4.49. The highest BCUT2D eigenvalue weighted by Gasteiger charge is 2.29. The number of halogens is 2. The largest absolute Gasteiger partial charge is 0.284 e. The molecule has 0 spiro atoms. The Morgan fingerprint density at radius 3 is 2.75 bits per heavy atom. The molecule has 1 aliphatic rings. The van der Waals surface area contributed by atoms with Crippen molar-refractivity contribution in [1.29, 1.82) is 0 Å². The molecule has 0 bridgehead atoms. The fourth-order valence-corrected chi connectivity index (χ4v) is 2.93. The highest BCUT2D eigenvalue weighted by molar-refractivity contribution is 9.10. The Hall–Kier alpha value is -0.500. The molecule has 2 rings (SSSR count). The van der Waals surface area contributed by atoms with Crippen LogP contribution in [-0.4, -0.2) is 26.0 Å². The fraction of sp³-hybridized carbons (Fsp3) is 0.333. The third kappa shape index (κ3) is 2.13. The average Bonchev–Trinajstić information content (AvgIpc) is 2.75. The standard InChI is InChI=1S/C9H9BrFNO3S/c10-8-3-2-7(6-9(8)11)16(13,14)12-4-1-5-15-12/h2-3,6H,1,4-5H2. The van der Waals surface area contributed by atoms with E-state index in [2.05, 4.69) is 15.9 Å². The van der Waals surface area contributed by atoms with E-state index in [-0.39, 0.29) is 9.37 Å². The SMILES string of the molecule is O=S(=O)(c1ccc(Br)c(F)c1)N1CCCO1. The van der Waals surface area contributed by atoms with Gasteiger partial charge in [-0.25, -0.2) is 12.8 Å². The Labute approximate surface area is 101 Å². The summed E-state index contributed by atoms with van der Waals surface area (Å²) in [6.07, 6.45) is 0.651. The second-order valence-electron chi connectivity index (χ2n) is 3.29. The summed E-state index contributed by atoms with van der Waals surface area (Å²) < 4.78 is 38.2. The number of hydrogen-bond donors (Lipinski definition) is 0. The molecule has 4 nitrogen and oxygen atoms in total. The lowest BCUT2D eigenvalue weighted by molar-refractivity contribution is -0.0284. The molecule has 16 heavy (non-hydrogen) atoms. The van der Waals surface area contributed by atoms with Gasteiger partial charge >= 0.3 is 0 Å². The lowest BCUT2D eigenvalue weighted by Crippen LogP contribution is -2.26. The number of benzene rings is 1. The maximum absolute atomic E-state index is 13.2. The van der Waals surface area contributed by atoms with Crippen LogP contribution < -0.4 is 0 Å². The number of nitrogens with zero attached hydrogens (tertiary/aromatic N) is 1. The monoisotopic (exact) mass is 309 g/mol. The summed E-state index contributed by atoms with van der Waals surface area (Å²) >= 11 is 2.96.